The Morgan fingerprint density at radius 3 is 2.39 bits per heavy atom. The first-order valence-corrected chi connectivity index (χ1v) is 6.89. The zero-order valence-corrected chi connectivity index (χ0v) is 11.5. The van der Waals surface area contributed by atoms with Gasteiger partial charge in [0.15, 0.2) is 0 Å². The van der Waals surface area contributed by atoms with Crippen molar-refractivity contribution in [1.82, 2.24) is 5.32 Å². The molecule has 0 spiro atoms. The number of nitrogens with one attached hydrogen (secondary N) is 1. The van der Waals surface area contributed by atoms with E-state index in [1.54, 1.807) is 0 Å². The van der Waals surface area contributed by atoms with Gasteiger partial charge in [-0.05, 0) is 43.9 Å². The van der Waals surface area contributed by atoms with E-state index in [4.69, 9.17) is 10.5 Å². The lowest BCUT2D eigenvalue weighted by molar-refractivity contribution is -0.128. The summed E-state index contributed by atoms with van der Waals surface area (Å²) in [6.07, 6.45) is 5.49. The molecule has 2 saturated carbocycles. The summed E-state index contributed by atoms with van der Waals surface area (Å²) in [5.74, 6) is 1.44. The summed E-state index contributed by atoms with van der Waals surface area (Å²) in [7, 11) is 0. The van der Waals surface area contributed by atoms with Gasteiger partial charge in [0.1, 0.15) is 0 Å². The van der Waals surface area contributed by atoms with Gasteiger partial charge in [0, 0.05) is 25.3 Å². The fraction of sp³-hybridized carbons (Fsp3) is 0.923. The smallest absolute Gasteiger partial charge is 0.225 e. The molecule has 1 saturated heterocycles. The third kappa shape index (κ3) is 2.51. The van der Waals surface area contributed by atoms with Crippen LogP contribution in [0.5, 0.6) is 0 Å². The number of ether oxygens (including phenoxy) is 1. The van der Waals surface area contributed by atoms with Crippen molar-refractivity contribution in [3.63, 3.8) is 0 Å². The minimum Gasteiger partial charge on any atom is -0.381 e. The second-order valence-corrected chi connectivity index (χ2v) is 5.83. The molecule has 5 heteroatoms. The largest absolute Gasteiger partial charge is 0.381 e. The quantitative estimate of drug-likeness (QED) is 0.792. The highest BCUT2D eigenvalue weighted by Gasteiger charge is 2.49. The zero-order valence-electron chi connectivity index (χ0n) is 10.6. The van der Waals surface area contributed by atoms with Crippen molar-refractivity contribution >= 4 is 18.3 Å². The van der Waals surface area contributed by atoms with E-state index in [1.165, 1.54) is 19.3 Å². The van der Waals surface area contributed by atoms with Gasteiger partial charge in [-0.25, -0.2) is 0 Å². The van der Waals surface area contributed by atoms with Crippen LogP contribution in [0.1, 0.15) is 32.1 Å². The Kier molecular flexibility index (Phi) is 4.51. The molecule has 3 N–H and O–H groups in total. The second kappa shape index (κ2) is 5.76. The number of hydrogen-bond acceptors (Lipinski definition) is 3. The summed E-state index contributed by atoms with van der Waals surface area (Å²) in [4.78, 5) is 12.3. The maximum Gasteiger partial charge on any atom is 0.225 e. The fourth-order valence-corrected chi connectivity index (χ4v) is 3.86. The summed E-state index contributed by atoms with van der Waals surface area (Å²) in [5.41, 5.74) is 6.18. The van der Waals surface area contributed by atoms with Crippen molar-refractivity contribution in [3.8, 4) is 0 Å². The fourth-order valence-electron chi connectivity index (χ4n) is 3.86. The molecule has 3 rings (SSSR count). The predicted molar refractivity (Wildman–Crippen MR) is 71.5 cm³/mol. The van der Waals surface area contributed by atoms with Crippen LogP contribution < -0.4 is 11.1 Å². The standard InChI is InChI=1S/C13H22N2O2.ClH/c14-12-9-2-1-8(7-9)11(12)13(16)15-10-3-5-17-6-4-10;/h8-12H,1-7,14H2,(H,15,16);1H. The summed E-state index contributed by atoms with van der Waals surface area (Å²) in [5, 5.41) is 3.18. The van der Waals surface area contributed by atoms with E-state index in [0.29, 0.717) is 17.9 Å². The molecule has 3 aliphatic rings. The number of fused-ring (bicyclic) bond motifs is 2. The zero-order chi connectivity index (χ0) is 11.8. The van der Waals surface area contributed by atoms with Crippen LogP contribution in [0, 0.1) is 17.8 Å². The lowest BCUT2D eigenvalue weighted by Gasteiger charge is -2.30. The molecule has 4 atom stereocenters. The Labute approximate surface area is 114 Å². The van der Waals surface area contributed by atoms with Crippen molar-refractivity contribution in [2.75, 3.05) is 13.2 Å². The minimum absolute atomic E-state index is 0. The molecule has 0 aromatic heterocycles. The number of carbonyl (C=O) groups is 1. The van der Waals surface area contributed by atoms with E-state index in [0.717, 1.165) is 26.1 Å². The Bertz CT molecular complexity index is 305. The van der Waals surface area contributed by atoms with Crippen molar-refractivity contribution < 1.29 is 9.53 Å². The highest BCUT2D eigenvalue weighted by atomic mass is 35.5. The number of halogens is 1. The molecule has 4 unspecified atom stereocenters. The van der Waals surface area contributed by atoms with Crippen molar-refractivity contribution in [2.24, 2.45) is 23.5 Å². The molecule has 0 aromatic carbocycles. The molecule has 3 fully saturated rings. The maximum absolute atomic E-state index is 12.3. The van der Waals surface area contributed by atoms with Crippen LogP contribution in [0.15, 0.2) is 0 Å². The van der Waals surface area contributed by atoms with E-state index >= 15 is 0 Å². The lowest BCUT2D eigenvalue weighted by atomic mass is 9.84. The summed E-state index contributed by atoms with van der Waals surface area (Å²) >= 11 is 0. The SMILES string of the molecule is Cl.NC1C2CCC(C2)C1C(=O)NC1CCOCC1. The summed E-state index contributed by atoms with van der Waals surface area (Å²) < 4.78 is 5.30. The predicted octanol–water partition coefficient (Wildman–Crippen LogP) is 1.08. The molecule has 104 valence electrons. The van der Waals surface area contributed by atoms with Gasteiger partial charge in [-0.2, -0.15) is 0 Å². The van der Waals surface area contributed by atoms with E-state index in [-0.39, 0.29) is 30.3 Å². The minimum atomic E-state index is 0. The van der Waals surface area contributed by atoms with E-state index in [1.807, 2.05) is 0 Å². The number of amides is 1. The molecular formula is C13H23ClN2O2. The van der Waals surface area contributed by atoms with Gasteiger partial charge < -0.3 is 15.8 Å². The maximum atomic E-state index is 12.3. The first-order valence-electron chi connectivity index (χ1n) is 6.89. The van der Waals surface area contributed by atoms with Crippen LogP contribution in [0.3, 0.4) is 0 Å². The van der Waals surface area contributed by atoms with Gasteiger partial charge in [-0.15, -0.1) is 12.4 Å². The highest BCUT2D eigenvalue weighted by molar-refractivity contribution is 5.85. The number of carbonyl (C=O) groups excluding carboxylic acids is 1. The van der Waals surface area contributed by atoms with Crippen LogP contribution in [0.4, 0.5) is 0 Å². The van der Waals surface area contributed by atoms with Gasteiger partial charge >= 0.3 is 0 Å². The van der Waals surface area contributed by atoms with Crippen LogP contribution in [-0.2, 0) is 9.53 Å². The average molecular weight is 275 g/mol. The molecule has 1 amide bonds. The first-order chi connectivity index (χ1) is 8.25. The average Bonchev–Trinajstić information content (AvgIpc) is 2.90. The monoisotopic (exact) mass is 274 g/mol. The lowest BCUT2D eigenvalue weighted by Crippen LogP contribution is -2.49. The van der Waals surface area contributed by atoms with Gasteiger partial charge in [-0.1, -0.05) is 0 Å². The van der Waals surface area contributed by atoms with Crippen LogP contribution >= 0.6 is 12.4 Å². The molecule has 18 heavy (non-hydrogen) atoms. The molecule has 0 aromatic rings. The molecule has 1 heterocycles. The van der Waals surface area contributed by atoms with Crippen LogP contribution in [-0.4, -0.2) is 31.2 Å². The van der Waals surface area contributed by atoms with E-state index in [9.17, 15) is 4.79 Å². The third-order valence-electron chi connectivity index (χ3n) is 4.85. The highest BCUT2D eigenvalue weighted by Crippen LogP contribution is 2.47. The number of nitrogens with two attached hydrogens (primary N) is 1. The van der Waals surface area contributed by atoms with E-state index < -0.39 is 0 Å². The molecule has 4 nitrogen and oxygen atoms in total. The molecular weight excluding hydrogens is 252 g/mol. The first kappa shape index (κ1) is 14.1. The molecule has 2 aliphatic carbocycles. The molecule has 1 aliphatic heterocycles. The van der Waals surface area contributed by atoms with Crippen molar-refractivity contribution in [2.45, 2.75) is 44.2 Å². The Morgan fingerprint density at radius 1 is 1.11 bits per heavy atom. The second-order valence-electron chi connectivity index (χ2n) is 5.83. The van der Waals surface area contributed by atoms with Crippen LogP contribution in [0.25, 0.3) is 0 Å². The van der Waals surface area contributed by atoms with Crippen molar-refractivity contribution in [3.05, 3.63) is 0 Å². The molecule has 2 bridgehead atoms. The van der Waals surface area contributed by atoms with Gasteiger partial charge in [0.2, 0.25) is 5.91 Å². The Balaban J connectivity index is 0.00000120. The Hall–Kier alpha value is -0.320. The van der Waals surface area contributed by atoms with Gasteiger partial charge in [-0.3, -0.25) is 4.79 Å². The number of hydrogen-bond donors (Lipinski definition) is 2. The van der Waals surface area contributed by atoms with Crippen molar-refractivity contribution in [1.29, 1.82) is 0 Å². The Morgan fingerprint density at radius 2 is 1.78 bits per heavy atom. The summed E-state index contributed by atoms with van der Waals surface area (Å²) in [6.45, 7) is 1.54. The van der Waals surface area contributed by atoms with Gasteiger partial charge in [0.05, 0.1) is 5.92 Å². The van der Waals surface area contributed by atoms with Gasteiger partial charge in [0.25, 0.3) is 0 Å². The summed E-state index contributed by atoms with van der Waals surface area (Å²) in [6, 6.07) is 0.413. The third-order valence-corrected chi connectivity index (χ3v) is 4.85. The van der Waals surface area contributed by atoms with E-state index in [2.05, 4.69) is 5.32 Å². The number of rotatable bonds is 2. The topological polar surface area (TPSA) is 64.4 Å². The normalized spacial score (nSPS) is 39.4. The molecule has 0 radical (unpaired) electrons. The van der Waals surface area contributed by atoms with Crippen LogP contribution in [0.2, 0.25) is 0 Å².